The minimum absolute atomic E-state index is 0.203. The lowest BCUT2D eigenvalue weighted by Gasteiger charge is -2.13. The molecule has 5 aromatic rings. The van der Waals surface area contributed by atoms with Crippen LogP contribution in [0.3, 0.4) is 0 Å². The lowest BCUT2D eigenvalue weighted by Crippen LogP contribution is -2.23. The molecule has 2 N–H and O–H groups in total. The number of aryl methyl sites for hydroxylation is 3. The maximum atomic E-state index is 13.5. The van der Waals surface area contributed by atoms with E-state index in [0.29, 0.717) is 29.1 Å². The van der Waals surface area contributed by atoms with Gasteiger partial charge in [0.2, 0.25) is 0 Å². The maximum absolute atomic E-state index is 13.5. The quantitative estimate of drug-likeness (QED) is 0.355. The highest BCUT2D eigenvalue weighted by atomic mass is 16.2. The predicted octanol–water partition coefficient (Wildman–Crippen LogP) is 4.83. The number of imidazole rings is 1. The number of anilines is 1. The van der Waals surface area contributed by atoms with E-state index in [9.17, 15) is 9.59 Å². The van der Waals surface area contributed by atoms with Crippen molar-refractivity contribution in [2.24, 2.45) is 7.05 Å². The van der Waals surface area contributed by atoms with E-state index < -0.39 is 0 Å². The Morgan fingerprint density at radius 2 is 1.76 bits per heavy atom. The van der Waals surface area contributed by atoms with Gasteiger partial charge in [0, 0.05) is 47.8 Å². The maximum Gasteiger partial charge on any atom is 0.256 e. The monoisotopic (exact) mass is 490 g/mol. The normalized spacial score (nSPS) is 10.9. The molecule has 0 saturated heterocycles. The van der Waals surface area contributed by atoms with Crippen LogP contribution in [-0.4, -0.2) is 31.3 Å². The second-order valence-corrected chi connectivity index (χ2v) is 8.98. The minimum Gasteiger partial charge on any atom is -0.346 e. The SMILES string of the molecule is Cc1cc(C)c2nc(-c3cccnc3)cc(C(=O)Nc3ccc(C(=O)NCc4cncn4C)cc3)c2c1. The molecule has 0 atom stereocenters. The zero-order valence-electron chi connectivity index (χ0n) is 20.8. The van der Waals surface area contributed by atoms with Gasteiger partial charge in [-0.25, -0.2) is 9.97 Å². The van der Waals surface area contributed by atoms with Gasteiger partial charge in [-0.15, -0.1) is 0 Å². The summed E-state index contributed by atoms with van der Waals surface area (Å²) >= 11 is 0. The fourth-order valence-corrected chi connectivity index (χ4v) is 4.26. The number of hydrogen-bond donors (Lipinski definition) is 2. The molecule has 2 aromatic carbocycles. The first-order chi connectivity index (χ1) is 17.9. The minimum atomic E-state index is -0.254. The third kappa shape index (κ3) is 5.08. The number of nitrogens with one attached hydrogen (secondary N) is 2. The number of benzene rings is 2. The van der Waals surface area contributed by atoms with Crippen LogP contribution in [-0.2, 0) is 13.6 Å². The molecule has 0 spiro atoms. The van der Waals surface area contributed by atoms with Crippen molar-refractivity contribution in [3.63, 3.8) is 0 Å². The fourth-order valence-electron chi connectivity index (χ4n) is 4.26. The van der Waals surface area contributed by atoms with Crippen molar-refractivity contribution >= 4 is 28.4 Å². The van der Waals surface area contributed by atoms with Gasteiger partial charge < -0.3 is 15.2 Å². The van der Waals surface area contributed by atoms with Crippen molar-refractivity contribution in [2.75, 3.05) is 5.32 Å². The molecule has 3 aromatic heterocycles. The number of carbonyl (C=O) groups is 2. The van der Waals surface area contributed by atoms with Gasteiger partial charge in [-0.1, -0.05) is 11.6 Å². The Kier molecular flexibility index (Phi) is 6.47. The summed E-state index contributed by atoms with van der Waals surface area (Å²) in [6.45, 7) is 4.37. The van der Waals surface area contributed by atoms with Crippen molar-refractivity contribution in [2.45, 2.75) is 20.4 Å². The number of aromatic nitrogens is 4. The highest BCUT2D eigenvalue weighted by molar-refractivity contribution is 6.13. The smallest absolute Gasteiger partial charge is 0.256 e. The van der Waals surface area contributed by atoms with Crippen molar-refractivity contribution in [3.8, 4) is 11.3 Å². The van der Waals surface area contributed by atoms with Gasteiger partial charge in [0.05, 0.1) is 35.3 Å². The molecule has 0 aliphatic carbocycles. The lowest BCUT2D eigenvalue weighted by atomic mass is 9.99. The zero-order chi connectivity index (χ0) is 25.9. The van der Waals surface area contributed by atoms with Crippen LogP contribution in [0.2, 0.25) is 0 Å². The Hall–Kier alpha value is -4.85. The van der Waals surface area contributed by atoms with E-state index in [0.717, 1.165) is 33.3 Å². The molecule has 0 aliphatic rings. The summed E-state index contributed by atoms with van der Waals surface area (Å²) in [4.78, 5) is 39.1. The molecule has 2 amide bonds. The van der Waals surface area contributed by atoms with Crippen molar-refractivity contribution < 1.29 is 9.59 Å². The summed E-state index contributed by atoms with van der Waals surface area (Å²) in [5, 5.41) is 6.64. The van der Waals surface area contributed by atoms with Gasteiger partial charge in [-0.05, 0) is 67.9 Å². The van der Waals surface area contributed by atoms with Crippen LogP contribution in [0.4, 0.5) is 5.69 Å². The standard InChI is InChI=1S/C29H26N6O2/c1-18-11-19(2)27-24(12-18)25(13-26(34-27)21-5-4-10-30-14-21)29(37)33-22-8-6-20(7-9-22)28(36)32-16-23-15-31-17-35(23)3/h4-15,17H,16H2,1-3H3,(H,32,36)(H,33,37). The Labute approximate surface area is 214 Å². The van der Waals surface area contributed by atoms with E-state index >= 15 is 0 Å². The number of fused-ring (bicyclic) bond motifs is 1. The summed E-state index contributed by atoms with van der Waals surface area (Å²) < 4.78 is 1.85. The van der Waals surface area contributed by atoms with Crippen molar-refractivity contribution in [3.05, 3.63) is 107 Å². The van der Waals surface area contributed by atoms with Crippen LogP contribution in [0.25, 0.3) is 22.2 Å². The van der Waals surface area contributed by atoms with Gasteiger partial charge in [-0.3, -0.25) is 14.6 Å². The number of amides is 2. The van der Waals surface area contributed by atoms with Crippen LogP contribution in [0, 0.1) is 13.8 Å². The number of pyridine rings is 2. The zero-order valence-corrected chi connectivity index (χ0v) is 20.8. The average molecular weight is 491 g/mol. The van der Waals surface area contributed by atoms with Gasteiger partial charge in [-0.2, -0.15) is 0 Å². The fraction of sp³-hybridized carbons (Fsp3) is 0.138. The molecule has 3 heterocycles. The summed E-state index contributed by atoms with van der Waals surface area (Å²) in [6.07, 6.45) is 6.84. The molecule has 0 unspecified atom stereocenters. The van der Waals surface area contributed by atoms with E-state index in [1.807, 2.05) is 43.7 Å². The highest BCUT2D eigenvalue weighted by Gasteiger charge is 2.17. The summed E-state index contributed by atoms with van der Waals surface area (Å²) in [5.41, 5.74) is 6.85. The second-order valence-electron chi connectivity index (χ2n) is 8.98. The van der Waals surface area contributed by atoms with E-state index in [1.54, 1.807) is 55.2 Å². The van der Waals surface area contributed by atoms with Crippen molar-refractivity contribution in [1.82, 2.24) is 24.8 Å². The first-order valence-corrected chi connectivity index (χ1v) is 11.9. The summed E-state index contributed by atoms with van der Waals surface area (Å²) in [6, 6.07) is 16.4. The molecule has 184 valence electrons. The molecule has 0 fully saturated rings. The number of hydrogen-bond acceptors (Lipinski definition) is 5. The second kappa shape index (κ2) is 10.0. The van der Waals surface area contributed by atoms with Gasteiger partial charge in [0.25, 0.3) is 11.8 Å². The Morgan fingerprint density at radius 3 is 2.46 bits per heavy atom. The first-order valence-electron chi connectivity index (χ1n) is 11.9. The van der Waals surface area contributed by atoms with Crippen molar-refractivity contribution in [1.29, 1.82) is 0 Å². The molecule has 0 aliphatic heterocycles. The lowest BCUT2D eigenvalue weighted by molar-refractivity contribution is 0.0949. The van der Waals surface area contributed by atoms with E-state index in [2.05, 4.69) is 26.7 Å². The number of carbonyl (C=O) groups excluding carboxylic acids is 2. The van der Waals surface area contributed by atoms with Crippen LogP contribution in [0.15, 0.2) is 79.5 Å². The average Bonchev–Trinajstić information content (AvgIpc) is 3.32. The third-order valence-corrected chi connectivity index (χ3v) is 6.20. The summed E-state index contributed by atoms with van der Waals surface area (Å²) in [7, 11) is 1.88. The molecule has 8 heteroatoms. The molecule has 0 saturated carbocycles. The predicted molar refractivity (Wildman–Crippen MR) is 143 cm³/mol. The Morgan fingerprint density at radius 1 is 0.946 bits per heavy atom. The molecule has 5 rings (SSSR count). The molecular weight excluding hydrogens is 464 g/mol. The van der Waals surface area contributed by atoms with Crippen LogP contribution in [0.1, 0.15) is 37.5 Å². The molecule has 8 nitrogen and oxygen atoms in total. The third-order valence-electron chi connectivity index (χ3n) is 6.20. The molecule has 0 radical (unpaired) electrons. The molecule has 0 bridgehead atoms. The Bertz CT molecular complexity index is 1610. The van der Waals surface area contributed by atoms with Crippen LogP contribution in [0.5, 0.6) is 0 Å². The Balaban J connectivity index is 1.39. The summed E-state index contributed by atoms with van der Waals surface area (Å²) in [5.74, 6) is -0.456. The van der Waals surface area contributed by atoms with Gasteiger partial charge in [0.15, 0.2) is 0 Å². The highest BCUT2D eigenvalue weighted by Crippen LogP contribution is 2.28. The first kappa shape index (κ1) is 23.9. The van der Waals surface area contributed by atoms with Gasteiger partial charge in [0.1, 0.15) is 0 Å². The largest absolute Gasteiger partial charge is 0.346 e. The molecule has 37 heavy (non-hydrogen) atoms. The van der Waals surface area contributed by atoms with E-state index in [-0.39, 0.29) is 11.8 Å². The van der Waals surface area contributed by atoms with E-state index in [4.69, 9.17) is 4.98 Å². The number of rotatable bonds is 6. The van der Waals surface area contributed by atoms with Gasteiger partial charge >= 0.3 is 0 Å². The number of nitrogens with zero attached hydrogens (tertiary/aromatic N) is 4. The van der Waals surface area contributed by atoms with Crippen LogP contribution >= 0.6 is 0 Å². The topological polar surface area (TPSA) is 102 Å². The van der Waals surface area contributed by atoms with E-state index in [1.165, 1.54) is 0 Å². The van der Waals surface area contributed by atoms with Crippen LogP contribution < -0.4 is 10.6 Å². The molecular formula is C29H26N6O2.